The molecule has 1 saturated heterocycles. The number of hydrogen-bond acceptors (Lipinski definition) is 5. The first-order valence-corrected chi connectivity index (χ1v) is 9.04. The zero-order chi connectivity index (χ0) is 19.4. The van der Waals surface area contributed by atoms with Crippen molar-refractivity contribution in [2.75, 3.05) is 37.7 Å². The van der Waals surface area contributed by atoms with Crippen molar-refractivity contribution in [1.82, 2.24) is 4.90 Å². The second-order valence-electron chi connectivity index (χ2n) is 6.00. The van der Waals surface area contributed by atoms with E-state index in [0.29, 0.717) is 42.0 Å². The Balaban J connectivity index is 1.53. The average Bonchev–Trinajstić information content (AvgIpc) is 2.67. The molecule has 0 atom stereocenters. The number of benzene rings is 2. The molecule has 0 aromatic heterocycles. The Labute approximate surface area is 166 Å². The molecule has 142 valence electrons. The number of nitro benzene ring substituents is 1. The standard InChI is InChI=1S/C18H17Cl2N3O4/c19-13-1-4-15(5-2-13)27-12-18(24)22-9-7-21(8-10-22)17-6-3-14(23(25)26)11-16(17)20/h1-6,11H,7-10,12H2. The fourth-order valence-electron chi connectivity index (χ4n) is 2.83. The molecule has 1 heterocycles. The molecule has 0 bridgehead atoms. The van der Waals surface area contributed by atoms with Gasteiger partial charge < -0.3 is 14.5 Å². The lowest BCUT2D eigenvalue weighted by Crippen LogP contribution is -2.50. The summed E-state index contributed by atoms with van der Waals surface area (Å²) in [7, 11) is 0. The molecule has 9 heteroatoms. The van der Waals surface area contributed by atoms with Crippen LogP contribution in [0.4, 0.5) is 11.4 Å². The van der Waals surface area contributed by atoms with E-state index in [4.69, 9.17) is 27.9 Å². The Hall–Kier alpha value is -2.51. The second-order valence-corrected chi connectivity index (χ2v) is 6.85. The third-order valence-corrected chi connectivity index (χ3v) is 4.85. The van der Waals surface area contributed by atoms with Crippen molar-refractivity contribution in [3.05, 3.63) is 62.6 Å². The predicted molar refractivity (Wildman–Crippen MR) is 104 cm³/mol. The summed E-state index contributed by atoms with van der Waals surface area (Å²) in [6, 6.07) is 11.2. The minimum absolute atomic E-state index is 0.0417. The molecule has 7 nitrogen and oxygen atoms in total. The van der Waals surface area contributed by atoms with E-state index in [2.05, 4.69) is 0 Å². The average molecular weight is 410 g/mol. The van der Waals surface area contributed by atoms with Gasteiger partial charge in [0.25, 0.3) is 11.6 Å². The van der Waals surface area contributed by atoms with E-state index in [1.807, 2.05) is 4.90 Å². The highest BCUT2D eigenvalue weighted by Crippen LogP contribution is 2.30. The van der Waals surface area contributed by atoms with Crippen molar-refractivity contribution >= 4 is 40.5 Å². The molecule has 0 N–H and O–H groups in total. The molecule has 0 spiro atoms. The monoisotopic (exact) mass is 409 g/mol. The summed E-state index contributed by atoms with van der Waals surface area (Å²) >= 11 is 12.0. The van der Waals surface area contributed by atoms with Crippen LogP contribution in [0.3, 0.4) is 0 Å². The molecule has 27 heavy (non-hydrogen) atoms. The Kier molecular flexibility index (Phi) is 6.03. The largest absolute Gasteiger partial charge is 0.484 e. The van der Waals surface area contributed by atoms with Gasteiger partial charge in [0.05, 0.1) is 15.6 Å². The van der Waals surface area contributed by atoms with Crippen LogP contribution in [0.5, 0.6) is 5.75 Å². The lowest BCUT2D eigenvalue weighted by molar-refractivity contribution is -0.384. The van der Waals surface area contributed by atoms with Crippen LogP contribution in [-0.2, 0) is 4.79 Å². The predicted octanol–water partition coefficient (Wildman–Crippen LogP) is 3.63. The summed E-state index contributed by atoms with van der Waals surface area (Å²) in [5, 5.41) is 11.7. The third kappa shape index (κ3) is 4.81. The zero-order valence-corrected chi connectivity index (χ0v) is 15.8. The van der Waals surface area contributed by atoms with Crippen LogP contribution in [0.25, 0.3) is 0 Å². The molecule has 3 rings (SSSR count). The zero-order valence-electron chi connectivity index (χ0n) is 14.3. The highest BCUT2D eigenvalue weighted by atomic mass is 35.5. The minimum atomic E-state index is -0.479. The fraction of sp³-hybridized carbons (Fsp3) is 0.278. The van der Waals surface area contributed by atoms with E-state index < -0.39 is 4.92 Å². The van der Waals surface area contributed by atoms with Gasteiger partial charge in [-0.1, -0.05) is 23.2 Å². The highest BCUT2D eigenvalue weighted by molar-refractivity contribution is 6.33. The number of carbonyl (C=O) groups is 1. The van der Waals surface area contributed by atoms with Crippen molar-refractivity contribution in [2.24, 2.45) is 0 Å². The van der Waals surface area contributed by atoms with Crippen molar-refractivity contribution < 1.29 is 14.5 Å². The molecule has 0 radical (unpaired) electrons. The van der Waals surface area contributed by atoms with Gasteiger partial charge in [-0.2, -0.15) is 0 Å². The molecule has 1 aliphatic heterocycles. The number of hydrogen-bond donors (Lipinski definition) is 0. The van der Waals surface area contributed by atoms with E-state index in [0.717, 1.165) is 5.69 Å². The number of amides is 1. The Morgan fingerprint density at radius 3 is 2.33 bits per heavy atom. The van der Waals surface area contributed by atoms with E-state index in [1.165, 1.54) is 12.1 Å². The van der Waals surface area contributed by atoms with Gasteiger partial charge in [-0.05, 0) is 30.3 Å². The molecule has 0 aliphatic carbocycles. The van der Waals surface area contributed by atoms with Crippen LogP contribution < -0.4 is 9.64 Å². The maximum Gasteiger partial charge on any atom is 0.271 e. The molecule has 2 aromatic rings. The summed E-state index contributed by atoms with van der Waals surface area (Å²) in [4.78, 5) is 26.4. The maximum atomic E-state index is 12.3. The number of nitrogens with zero attached hydrogens (tertiary/aromatic N) is 3. The van der Waals surface area contributed by atoms with Crippen molar-refractivity contribution in [3.63, 3.8) is 0 Å². The Bertz CT molecular complexity index is 837. The topological polar surface area (TPSA) is 75.9 Å². The number of anilines is 1. The SMILES string of the molecule is O=C(COc1ccc(Cl)cc1)N1CCN(c2ccc([N+](=O)[O-])cc2Cl)CC1. The van der Waals surface area contributed by atoms with E-state index in [1.54, 1.807) is 35.2 Å². The number of non-ortho nitro benzene ring substituents is 1. The van der Waals surface area contributed by atoms with Crippen LogP contribution in [0.1, 0.15) is 0 Å². The van der Waals surface area contributed by atoms with Gasteiger partial charge in [-0.3, -0.25) is 14.9 Å². The molecular formula is C18H17Cl2N3O4. The van der Waals surface area contributed by atoms with E-state index >= 15 is 0 Å². The normalized spacial score (nSPS) is 14.1. The smallest absolute Gasteiger partial charge is 0.271 e. The van der Waals surface area contributed by atoms with Crippen molar-refractivity contribution in [2.45, 2.75) is 0 Å². The number of rotatable bonds is 5. The first-order chi connectivity index (χ1) is 12.9. The summed E-state index contributed by atoms with van der Waals surface area (Å²) in [6.07, 6.45) is 0. The van der Waals surface area contributed by atoms with Gasteiger partial charge in [0, 0.05) is 43.3 Å². The second kappa shape index (κ2) is 8.45. The number of halogens is 2. The number of ether oxygens (including phenoxy) is 1. The Morgan fingerprint density at radius 2 is 1.74 bits per heavy atom. The molecule has 0 unspecified atom stereocenters. The molecule has 1 aliphatic rings. The summed E-state index contributed by atoms with van der Waals surface area (Å²) in [6.45, 7) is 2.18. The van der Waals surface area contributed by atoms with E-state index in [9.17, 15) is 14.9 Å². The fourth-order valence-corrected chi connectivity index (χ4v) is 3.25. The van der Waals surface area contributed by atoms with Crippen LogP contribution in [0, 0.1) is 10.1 Å². The van der Waals surface area contributed by atoms with E-state index in [-0.39, 0.29) is 18.2 Å². The van der Waals surface area contributed by atoms with Crippen molar-refractivity contribution in [3.8, 4) is 5.75 Å². The van der Waals surface area contributed by atoms with Gasteiger partial charge in [-0.25, -0.2) is 0 Å². The summed E-state index contributed by atoms with van der Waals surface area (Å²) in [5.41, 5.74) is 0.684. The lowest BCUT2D eigenvalue weighted by atomic mass is 10.2. The first-order valence-electron chi connectivity index (χ1n) is 8.29. The Morgan fingerprint density at radius 1 is 1.07 bits per heavy atom. The molecule has 2 aromatic carbocycles. The van der Waals surface area contributed by atoms with Gasteiger partial charge in [0.2, 0.25) is 0 Å². The molecule has 1 amide bonds. The number of nitro groups is 1. The minimum Gasteiger partial charge on any atom is -0.484 e. The highest BCUT2D eigenvalue weighted by Gasteiger charge is 2.23. The first kappa shape index (κ1) is 19.3. The van der Waals surface area contributed by atoms with Crippen LogP contribution in [-0.4, -0.2) is 48.5 Å². The van der Waals surface area contributed by atoms with Crippen LogP contribution >= 0.6 is 23.2 Å². The number of carbonyl (C=O) groups excluding carboxylic acids is 1. The molecular weight excluding hydrogens is 393 g/mol. The third-order valence-electron chi connectivity index (χ3n) is 4.29. The van der Waals surface area contributed by atoms with Gasteiger partial charge in [0.15, 0.2) is 6.61 Å². The number of piperazine rings is 1. The van der Waals surface area contributed by atoms with Crippen molar-refractivity contribution in [1.29, 1.82) is 0 Å². The van der Waals surface area contributed by atoms with Gasteiger partial charge >= 0.3 is 0 Å². The maximum absolute atomic E-state index is 12.3. The van der Waals surface area contributed by atoms with Crippen LogP contribution in [0.15, 0.2) is 42.5 Å². The molecule has 1 fully saturated rings. The lowest BCUT2D eigenvalue weighted by Gasteiger charge is -2.36. The van der Waals surface area contributed by atoms with Crippen LogP contribution in [0.2, 0.25) is 10.0 Å². The summed E-state index contributed by atoms with van der Waals surface area (Å²) in [5.74, 6) is 0.489. The quantitative estimate of drug-likeness (QED) is 0.556. The summed E-state index contributed by atoms with van der Waals surface area (Å²) < 4.78 is 5.49. The van der Waals surface area contributed by atoms with Gasteiger partial charge in [0.1, 0.15) is 5.75 Å². The molecule has 0 saturated carbocycles. The van der Waals surface area contributed by atoms with Gasteiger partial charge in [-0.15, -0.1) is 0 Å².